The molecule has 1 aliphatic heterocycles. The standard InChI is InChI=1S/C24H25Cl2F3N2O3/c1-23(2,3)34-22(33)31-11-10-20(17(13-31)15-6-9-18(25)19(26)12-15)30-21(32)14-4-7-16(8-5-14)24(27,28)29/h4-9,12,17,20H,10-11,13H2,1-3H3,(H,30,32)/t17-,20+/m0/s1. The summed E-state index contributed by atoms with van der Waals surface area (Å²) in [4.78, 5) is 27.1. The van der Waals surface area contributed by atoms with E-state index in [4.69, 9.17) is 27.9 Å². The van der Waals surface area contributed by atoms with Crippen LogP contribution >= 0.6 is 23.2 Å². The minimum atomic E-state index is -4.48. The number of hydrogen-bond acceptors (Lipinski definition) is 3. The van der Waals surface area contributed by atoms with Crippen LogP contribution in [0.5, 0.6) is 0 Å². The first kappa shape index (κ1) is 26.2. The van der Waals surface area contributed by atoms with E-state index in [2.05, 4.69) is 5.32 Å². The van der Waals surface area contributed by atoms with Crippen LogP contribution in [0.1, 0.15) is 54.6 Å². The molecule has 1 saturated heterocycles. The van der Waals surface area contributed by atoms with E-state index in [0.717, 1.165) is 29.8 Å². The summed E-state index contributed by atoms with van der Waals surface area (Å²) >= 11 is 12.3. The van der Waals surface area contributed by atoms with Crippen molar-refractivity contribution < 1.29 is 27.5 Å². The Hall–Kier alpha value is -2.45. The van der Waals surface area contributed by atoms with Gasteiger partial charge >= 0.3 is 12.3 Å². The maximum absolute atomic E-state index is 12.8. The van der Waals surface area contributed by atoms with Crippen molar-refractivity contribution in [3.8, 4) is 0 Å². The topological polar surface area (TPSA) is 58.6 Å². The summed E-state index contributed by atoms with van der Waals surface area (Å²) in [6.07, 6.45) is -4.54. The molecular formula is C24H25Cl2F3N2O3. The van der Waals surface area contributed by atoms with Crippen molar-refractivity contribution in [3.63, 3.8) is 0 Å². The lowest BCUT2D eigenvalue weighted by Crippen LogP contribution is -2.52. The predicted molar refractivity (Wildman–Crippen MR) is 124 cm³/mol. The molecule has 2 amide bonds. The number of carbonyl (C=O) groups is 2. The molecule has 2 aromatic rings. The number of nitrogens with one attached hydrogen (secondary N) is 1. The van der Waals surface area contributed by atoms with Crippen LogP contribution in [0.4, 0.5) is 18.0 Å². The Balaban J connectivity index is 1.82. The molecule has 0 spiro atoms. The zero-order valence-corrected chi connectivity index (χ0v) is 20.4. The van der Waals surface area contributed by atoms with Gasteiger partial charge in [-0.25, -0.2) is 4.79 Å². The third kappa shape index (κ3) is 6.57. The normalized spacial score (nSPS) is 19.0. The average molecular weight is 517 g/mol. The Morgan fingerprint density at radius 3 is 2.24 bits per heavy atom. The fraction of sp³-hybridized carbons (Fsp3) is 0.417. The third-order valence-electron chi connectivity index (χ3n) is 5.43. The first-order chi connectivity index (χ1) is 15.7. The van der Waals surface area contributed by atoms with Crippen molar-refractivity contribution in [2.24, 2.45) is 0 Å². The maximum atomic E-state index is 12.8. The Bertz CT molecular complexity index is 1050. The Morgan fingerprint density at radius 2 is 1.68 bits per heavy atom. The number of amides is 2. The van der Waals surface area contributed by atoms with Crippen LogP contribution in [-0.4, -0.2) is 41.6 Å². The predicted octanol–water partition coefficient (Wildman–Crippen LogP) is 6.54. The van der Waals surface area contributed by atoms with Gasteiger partial charge in [-0.15, -0.1) is 0 Å². The highest BCUT2D eigenvalue weighted by atomic mass is 35.5. The highest BCUT2D eigenvalue weighted by Gasteiger charge is 2.36. The van der Waals surface area contributed by atoms with E-state index >= 15 is 0 Å². The monoisotopic (exact) mass is 516 g/mol. The number of hydrogen-bond donors (Lipinski definition) is 1. The molecule has 0 bridgehead atoms. The van der Waals surface area contributed by atoms with Gasteiger partial charge in [0.05, 0.1) is 15.6 Å². The summed E-state index contributed by atoms with van der Waals surface area (Å²) in [7, 11) is 0. The molecule has 0 aliphatic carbocycles. The molecule has 34 heavy (non-hydrogen) atoms. The van der Waals surface area contributed by atoms with E-state index in [1.807, 2.05) is 0 Å². The van der Waals surface area contributed by atoms with E-state index in [1.54, 1.807) is 43.9 Å². The number of nitrogens with zero attached hydrogens (tertiary/aromatic N) is 1. The lowest BCUT2D eigenvalue weighted by Gasteiger charge is -2.39. The van der Waals surface area contributed by atoms with Crippen LogP contribution < -0.4 is 5.32 Å². The van der Waals surface area contributed by atoms with Gasteiger partial charge in [0.25, 0.3) is 5.91 Å². The maximum Gasteiger partial charge on any atom is 0.416 e. The fourth-order valence-corrected chi connectivity index (χ4v) is 4.07. The van der Waals surface area contributed by atoms with E-state index in [-0.39, 0.29) is 18.0 Å². The molecule has 2 aromatic carbocycles. The van der Waals surface area contributed by atoms with Crippen molar-refractivity contribution in [3.05, 3.63) is 69.2 Å². The molecule has 0 aromatic heterocycles. The van der Waals surface area contributed by atoms with Crippen molar-refractivity contribution in [1.29, 1.82) is 0 Å². The number of ether oxygens (including phenoxy) is 1. The van der Waals surface area contributed by atoms with Gasteiger partial charge < -0.3 is 15.0 Å². The van der Waals surface area contributed by atoms with E-state index < -0.39 is 35.4 Å². The van der Waals surface area contributed by atoms with Crippen molar-refractivity contribution in [2.75, 3.05) is 13.1 Å². The van der Waals surface area contributed by atoms with Gasteiger partial charge in [0.15, 0.2) is 0 Å². The number of benzene rings is 2. The molecule has 5 nitrogen and oxygen atoms in total. The van der Waals surface area contributed by atoms with Crippen LogP contribution in [0.25, 0.3) is 0 Å². The molecule has 1 fully saturated rings. The lowest BCUT2D eigenvalue weighted by atomic mass is 9.86. The first-order valence-corrected chi connectivity index (χ1v) is 11.4. The number of likely N-dealkylation sites (tertiary alicyclic amines) is 1. The summed E-state index contributed by atoms with van der Waals surface area (Å²) < 4.78 is 44.0. The Kier molecular flexibility index (Phi) is 7.72. The van der Waals surface area contributed by atoms with Crippen LogP contribution in [0.3, 0.4) is 0 Å². The van der Waals surface area contributed by atoms with Gasteiger partial charge in [0, 0.05) is 30.6 Å². The Morgan fingerprint density at radius 1 is 1.03 bits per heavy atom. The Labute approximate surface area is 206 Å². The smallest absolute Gasteiger partial charge is 0.416 e. The van der Waals surface area contributed by atoms with Gasteiger partial charge in [-0.1, -0.05) is 29.3 Å². The second-order valence-electron chi connectivity index (χ2n) is 9.15. The molecule has 1 heterocycles. The fourth-order valence-electron chi connectivity index (χ4n) is 3.76. The number of piperidine rings is 1. The molecule has 1 N–H and O–H groups in total. The van der Waals surface area contributed by atoms with Crippen LogP contribution in [-0.2, 0) is 10.9 Å². The zero-order valence-electron chi connectivity index (χ0n) is 18.9. The number of halogens is 5. The SMILES string of the molecule is CC(C)(C)OC(=O)N1CC[C@@H](NC(=O)c2ccc(C(F)(F)F)cc2)[C@H](c2ccc(Cl)c(Cl)c2)C1. The molecule has 0 unspecified atom stereocenters. The first-order valence-electron chi connectivity index (χ1n) is 10.7. The van der Waals surface area contributed by atoms with Crippen molar-refractivity contribution in [2.45, 2.75) is 50.9 Å². The highest BCUT2D eigenvalue weighted by Crippen LogP contribution is 2.33. The molecule has 0 saturated carbocycles. The molecule has 10 heteroatoms. The van der Waals surface area contributed by atoms with E-state index in [0.29, 0.717) is 23.0 Å². The molecule has 0 radical (unpaired) electrons. The zero-order chi connectivity index (χ0) is 25.3. The third-order valence-corrected chi connectivity index (χ3v) is 6.17. The second kappa shape index (κ2) is 10.0. The van der Waals surface area contributed by atoms with E-state index in [9.17, 15) is 22.8 Å². The van der Waals surface area contributed by atoms with Gasteiger partial charge in [-0.2, -0.15) is 13.2 Å². The lowest BCUT2D eigenvalue weighted by molar-refractivity contribution is -0.137. The van der Waals surface area contributed by atoms with E-state index in [1.165, 1.54) is 0 Å². The summed E-state index contributed by atoms with van der Waals surface area (Å²) in [5, 5.41) is 3.61. The number of rotatable bonds is 3. The molecule has 3 rings (SSSR count). The molecular weight excluding hydrogens is 492 g/mol. The largest absolute Gasteiger partial charge is 0.444 e. The summed E-state index contributed by atoms with van der Waals surface area (Å²) in [6, 6.07) is 8.72. The van der Waals surface area contributed by atoms with Gasteiger partial charge in [-0.05, 0) is 69.2 Å². The van der Waals surface area contributed by atoms with Crippen LogP contribution in [0.15, 0.2) is 42.5 Å². The number of carbonyl (C=O) groups excluding carboxylic acids is 2. The average Bonchev–Trinajstić information content (AvgIpc) is 2.74. The summed E-state index contributed by atoms with van der Waals surface area (Å²) in [5.74, 6) is -0.844. The van der Waals surface area contributed by atoms with Crippen molar-refractivity contribution >= 4 is 35.2 Å². The summed E-state index contributed by atoms with van der Waals surface area (Å²) in [5.41, 5.74) is -0.622. The van der Waals surface area contributed by atoms with Crippen LogP contribution in [0, 0.1) is 0 Å². The molecule has 2 atom stereocenters. The second-order valence-corrected chi connectivity index (χ2v) is 9.96. The van der Waals surface area contributed by atoms with Gasteiger partial charge in [0.1, 0.15) is 5.60 Å². The van der Waals surface area contributed by atoms with Gasteiger partial charge in [-0.3, -0.25) is 4.79 Å². The van der Waals surface area contributed by atoms with Crippen molar-refractivity contribution in [1.82, 2.24) is 10.2 Å². The molecule has 1 aliphatic rings. The molecule has 184 valence electrons. The minimum absolute atomic E-state index is 0.107. The number of alkyl halides is 3. The van der Waals surface area contributed by atoms with Crippen LogP contribution in [0.2, 0.25) is 10.0 Å². The minimum Gasteiger partial charge on any atom is -0.444 e. The highest BCUT2D eigenvalue weighted by molar-refractivity contribution is 6.42. The summed E-state index contributed by atoms with van der Waals surface area (Å²) in [6.45, 7) is 5.92. The quantitative estimate of drug-likeness (QED) is 0.504. The van der Waals surface area contributed by atoms with Gasteiger partial charge in [0.2, 0.25) is 0 Å².